The molecule has 0 fully saturated rings. The minimum absolute atomic E-state index is 0.116. The second-order valence-corrected chi connectivity index (χ2v) is 4.66. The van der Waals surface area contributed by atoms with E-state index in [2.05, 4.69) is 24.1 Å². The van der Waals surface area contributed by atoms with Gasteiger partial charge < -0.3 is 10.2 Å². The Labute approximate surface area is 103 Å². The molecule has 2 rings (SSSR count). The van der Waals surface area contributed by atoms with Crippen molar-refractivity contribution in [1.82, 2.24) is 10.2 Å². The molecule has 1 atom stereocenters. The molecule has 0 aromatic heterocycles. The fraction of sp³-hybridized carbons (Fsp3) is 0.571. The monoisotopic (exact) mass is 236 g/mol. The predicted octanol–water partition coefficient (Wildman–Crippen LogP) is 2.35. The Balaban J connectivity index is 2.18. The number of nitrogens with zero attached hydrogens (tertiary/aromatic N) is 1. The quantitative estimate of drug-likeness (QED) is 0.863. The Morgan fingerprint density at radius 2 is 2.12 bits per heavy atom. The van der Waals surface area contributed by atoms with E-state index in [4.69, 9.17) is 0 Å². The first-order valence-corrected chi connectivity index (χ1v) is 6.46. The van der Waals surface area contributed by atoms with Crippen molar-refractivity contribution in [2.45, 2.75) is 26.3 Å². The molecule has 0 amide bonds. The zero-order valence-electron chi connectivity index (χ0n) is 10.7. The van der Waals surface area contributed by atoms with Gasteiger partial charge in [0.2, 0.25) is 0 Å². The molecule has 1 aliphatic heterocycles. The molecule has 1 unspecified atom stereocenters. The summed E-state index contributed by atoms with van der Waals surface area (Å²) in [6, 6.07) is 5.18. The van der Waals surface area contributed by atoms with Crippen LogP contribution in [0.5, 0.6) is 0 Å². The minimum Gasteiger partial charge on any atom is -0.312 e. The Morgan fingerprint density at radius 3 is 2.82 bits per heavy atom. The van der Waals surface area contributed by atoms with E-state index >= 15 is 0 Å². The first-order valence-electron chi connectivity index (χ1n) is 6.46. The number of rotatable bonds is 4. The van der Waals surface area contributed by atoms with Crippen LogP contribution < -0.4 is 5.32 Å². The van der Waals surface area contributed by atoms with E-state index < -0.39 is 0 Å². The lowest BCUT2D eigenvalue weighted by Crippen LogP contribution is -2.36. The van der Waals surface area contributed by atoms with E-state index in [0.717, 1.165) is 32.7 Å². The molecule has 0 aliphatic carbocycles. The van der Waals surface area contributed by atoms with E-state index in [0.29, 0.717) is 5.92 Å². The van der Waals surface area contributed by atoms with Crippen LogP contribution in [-0.2, 0) is 6.54 Å². The normalized spacial score (nSPS) is 19.4. The van der Waals surface area contributed by atoms with Crippen LogP contribution >= 0.6 is 0 Å². The van der Waals surface area contributed by atoms with E-state index in [1.54, 1.807) is 12.1 Å². The van der Waals surface area contributed by atoms with Crippen LogP contribution in [0, 0.1) is 5.82 Å². The third-order valence-corrected chi connectivity index (χ3v) is 3.63. The summed E-state index contributed by atoms with van der Waals surface area (Å²) < 4.78 is 13.3. The second kappa shape index (κ2) is 5.61. The molecular weight excluding hydrogens is 215 g/mol. The molecule has 1 aromatic carbocycles. The van der Waals surface area contributed by atoms with Crippen molar-refractivity contribution >= 4 is 0 Å². The summed E-state index contributed by atoms with van der Waals surface area (Å²) in [5.41, 5.74) is 2.44. The average molecular weight is 236 g/mol. The Morgan fingerprint density at radius 1 is 1.35 bits per heavy atom. The van der Waals surface area contributed by atoms with E-state index in [-0.39, 0.29) is 5.82 Å². The van der Waals surface area contributed by atoms with Crippen molar-refractivity contribution in [3.05, 3.63) is 35.1 Å². The molecule has 0 bridgehead atoms. The van der Waals surface area contributed by atoms with Crippen molar-refractivity contribution in [2.75, 3.05) is 26.2 Å². The smallest absolute Gasteiger partial charge is 0.123 e. The zero-order valence-corrected chi connectivity index (χ0v) is 10.7. The highest BCUT2D eigenvalue weighted by atomic mass is 19.1. The van der Waals surface area contributed by atoms with E-state index in [9.17, 15) is 4.39 Å². The topological polar surface area (TPSA) is 15.3 Å². The maximum absolute atomic E-state index is 13.3. The van der Waals surface area contributed by atoms with Crippen LogP contribution in [-0.4, -0.2) is 31.1 Å². The van der Waals surface area contributed by atoms with Crippen molar-refractivity contribution in [1.29, 1.82) is 0 Å². The molecule has 1 aliphatic rings. The molecule has 0 spiro atoms. The van der Waals surface area contributed by atoms with E-state index in [1.165, 1.54) is 11.1 Å². The fourth-order valence-electron chi connectivity index (χ4n) is 2.55. The van der Waals surface area contributed by atoms with Gasteiger partial charge in [0.1, 0.15) is 5.82 Å². The number of hydrogen-bond acceptors (Lipinski definition) is 2. The van der Waals surface area contributed by atoms with Crippen LogP contribution in [0.4, 0.5) is 4.39 Å². The Hall–Kier alpha value is -0.930. The summed E-state index contributed by atoms with van der Waals surface area (Å²) in [6.45, 7) is 9.28. The second-order valence-electron chi connectivity index (χ2n) is 4.66. The third kappa shape index (κ3) is 2.85. The summed E-state index contributed by atoms with van der Waals surface area (Å²) >= 11 is 0. The highest BCUT2D eigenvalue weighted by molar-refractivity contribution is 5.33. The zero-order chi connectivity index (χ0) is 12.3. The molecule has 17 heavy (non-hydrogen) atoms. The van der Waals surface area contributed by atoms with Gasteiger partial charge in [0, 0.05) is 25.6 Å². The lowest BCUT2D eigenvalue weighted by Gasteiger charge is -2.30. The summed E-state index contributed by atoms with van der Waals surface area (Å²) in [6.07, 6.45) is 0. The van der Waals surface area contributed by atoms with Crippen molar-refractivity contribution in [3.8, 4) is 0 Å². The van der Waals surface area contributed by atoms with Gasteiger partial charge >= 0.3 is 0 Å². The number of fused-ring (bicyclic) bond motifs is 1. The van der Waals surface area contributed by atoms with Gasteiger partial charge in [-0.3, -0.25) is 0 Å². The molecule has 1 heterocycles. The standard InChI is InChI=1S/C14H21FN2/c1-3-17(4-2)10-12-9-16-8-11-5-6-13(15)7-14(11)12/h5-7,12,16H,3-4,8-10H2,1-2H3. The predicted molar refractivity (Wildman–Crippen MR) is 68.6 cm³/mol. The number of benzene rings is 1. The van der Waals surface area contributed by atoms with Gasteiger partial charge in [-0.1, -0.05) is 19.9 Å². The number of hydrogen-bond donors (Lipinski definition) is 1. The van der Waals surface area contributed by atoms with Crippen LogP contribution in [0.25, 0.3) is 0 Å². The van der Waals surface area contributed by atoms with Gasteiger partial charge in [-0.15, -0.1) is 0 Å². The largest absolute Gasteiger partial charge is 0.312 e. The molecule has 2 nitrogen and oxygen atoms in total. The first-order chi connectivity index (χ1) is 8.24. The number of likely N-dealkylation sites (N-methyl/N-ethyl adjacent to an activating group) is 1. The molecule has 0 saturated carbocycles. The molecule has 3 heteroatoms. The average Bonchev–Trinajstić information content (AvgIpc) is 2.36. The number of halogens is 1. The lowest BCUT2D eigenvalue weighted by molar-refractivity contribution is 0.274. The van der Waals surface area contributed by atoms with Gasteiger partial charge in [-0.25, -0.2) is 4.39 Å². The SMILES string of the molecule is CCN(CC)CC1CNCc2ccc(F)cc21. The molecule has 0 radical (unpaired) electrons. The summed E-state index contributed by atoms with van der Waals surface area (Å²) in [5, 5.41) is 3.41. The molecular formula is C14H21FN2. The van der Waals surface area contributed by atoms with Crippen molar-refractivity contribution in [2.24, 2.45) is 0 Å². The Kier molecular flexibility index (Phi) is 4.13. The van der Waals surface area contributed by atoms with E-state index in [1.807, 2.05) is 6.07 Å². The third-order valence-electron chi connectivity index (χ3n) is 3.63. The van der Waals surface area contributed by atoms with Crippen LogP contribution in [0.15, 0.2) is 18.2 Å². The molecule has 1 aromatic rings. The molecule has 1 N–H and O–H groups in total. The van der Waals surface area contributed by atoms with Crippen LogP contribution in [0.1, 0.15) is 30.9 Å². The van der Waals surface area contributed by atoms with Gasteiger partial charge in [0.15, 0.2) is 0 Å². The fourth-order valence-corrected chi connectivity index (χ4v) is 2.55. The highest BCUT2D eigenvalue weighted by Gasteiger charge is 2.21. The van der Waals surface area contributed by atoms with Crippen LogP contribution in [0.2, 0.25) is 0 Å². The van der Waals surface area contributed by atoms with Crippen molar-refractivity contribution in [3.63, 3.8) is 0 Å². The molecule has 0 saturated heterocycles. The summed E-state index contributed by atoms with van der Waals surface area (Å²) in [4.78, 5) is 2.40. The van der Waals surface area contributed by atoms with Gasteiger partial charge in [-0.05, 0) is 36.3 Å². The number of nitrogens with one attached hydrogen (secondary N) is 1. The maximum atomic E-state index is 13.3. The van der Waals surface area contributed by atoms with Gasteiger partial charge in [0.05, 0.1) is 0 Å². The molecule has 94 valence electrons. The Bertz CT molecular complexity index is 374. The summed E-state index contributed by atoms with van der Waals surface area (Å²) in [5.74, 6) is 0.296. The van der Waals surface area contributed by atoms with Gasteiger partial charge in [0.25, 0.3) is 0 Å². The summed E-state index contributed by atoms with van der Waals surface area (Å²) in [7, 11) is 0. The first kappa shape index (κ1) is 12.5. The minimum atomic E-state index is -0.116. The van der Waals surface area contributed by atoms with Crippen molar-refractivity contribution < 1.29 is 4.39 Å². The van der Waals surface area contributed by atoms with Gasteiger partial charge in [-0.2, -0.15) is 0 Å². The maximum Gasteiger partial charge on any atom is 0.123 e. The highest BCUT2D eigenvalue weighted by Crippen LogP contribution is 2.25. The van der Waals surface area contributed by atoms with Crippen LogP contribution in [0.3, 0.4) is 0 Å². The lowest BCUT2D eigenvalue weighted by atomic mass is 9.90.